The van der Waals surface area contributed by atoms with Gasteiger partial charge in [0.15, 0.2) is 5.03 Å². The molecule has 0 radical (unpaired) electrons. The zero-order valence-electron chi connectivity index (χ0n) is 9.79. The lowest BCUT2D eigenvalue weighted by Gasteiger charge is -2.27. The van der Waals surface area contributed by atoms with Gasteiger partial charge in [0.2, 0.25) is 0 Å². The molecule has 98 valence electrons. The second-order valence-corrected chi connectivity index (χ2v) is 5.46. The molecule has 0 saturated carbocycles. The van der Waals surface area contributed by atoms with E-state index in [0.29, 0.717) is 5.69 Å². The molecule has 7 nitrogen and oxygen atoms in total. The Morgan fingerprint density at radius 3 is 3.11 bits per heavy atom. The van der Waals surface area contributed by atoms with E-state index < -0.39 is 16.0 Å². The third-order valence-corrected chi connectivity index (χ3v) is 4.16. The molecule has 2 heterocycles. The molecule has 0 amide bonds. The maximum Gasteiger partial charge on any atom is 0.321 e. The minimum absolute atomic E-state index is 0.0276. The zero-order valence-corrected chi connectivity index (χ0v) is 10.6. The van der Waals surface area contributed by atoms with E-state index in [0.717, 1.165) is 4.31 Å². The number of esters is 1. The maximum atomic E-state index is 12.2. The number of sulfonamides is 1. The summed E-state index contributed by atoms with van der Waals surface area (Å²) in [7, 11) is -3.74. The molecule has 1 aliphatic rings. The number of hydrogen-bond donors (Lipinski definition) is 1. The summed E-state index contributed by atoms with van der Waals surface area (Å²) < 4.78 is 30.1. The molecule has 0 spiro atoms. The van der Waals surface area contributed by atoms with Crippen molar-refractivity contribution in [3.63, 3.8) is 0 Å². The largest absolute Gasteiger partial charge is 0.465 e. The fourth-order valence-corrected chi connectivity index (χ4v) is 2.97. The van der Waals surface area contributed by atoms with Gasteiger partial charge < -0.3 is 10.1 Å². The number of nitrogens with one attached hydrogen (secondary N) is 1. The number of nitrogens with zero attached hydrogens (tertiary/aromatic N) is 2. The molecule has 1 aliphatic heterocycles. The summed E-state index contributed by atoms with van der Waals surface area (Å²) in [6.07, 6.45) is 1.39. The van der Waals surface area contributed by atoms with Crippen LogP contribution in [0.1, 0.15) is 6.92 Å². The van der Waals surface area contributed by atoms with Crippen LogP contribution in [0.4, 0.5) is 5.69 Å². The Morgan fingerprint density at radius 2 is 2.39 bits per heavy atom. The highest BCUT2D eigenvalue weighted by Crippen LogP contribution is 2.25. The summed E-state index contributed by atoms with van der Waals surface area (Å²) in [5.74, 6) is -0.581. The number of hydrogen-bond acceptors (Lipinski definition) is 6. The van der Waals surface area contributed by atoms with Gasteiger partial charge in [-0.3, -0.25) is 4.79 Å². The van der Waals surface area contributed by atoms with Crippen molar-refractivity contribution in [3.05, 3.63) is 18.3 Å². The summed E-state index contributed by atoms with van der Waals surface area (Å²) in [4.78, 5) is 15.2. The van der Waals surface area contributed by atoms with Gasteiger partial charge in [-0.25, -0.2) is 13.4 Å². The van der Waals surface area contributed by atoms with Crippen LogP contribution in [-0.2, 0) is 19.6 Å². The molecule has 0 unspecified atom stereocenters. The van der Waals surface area contributed by atoms with Crippen LogP contribution in [-0.4, -0.2) is 43.5 Å². The highest BCUT2D eigenvalue weighted by atomic mass is 32.2. The Kier molecular flexibility index (Phi) is 3.48. The number of carbonyl (C=O) groups is 1. The summed E-state index contributed by atoms with van der Waals surface area (Å²) >= 11 is 0. The SMILES string of the molecule is CCOC(=O)CN1CNc2cccnc2S1(=O)=O. The Bertz CT molecular complexity index is 558. The highest BCUT2D eigenvalue weighted by molar-refractivity contribution is 7.89. The number of aromatic nitrogens is 1. The van der Waals surface area contributed by atoms with Gasteiger partial charge in [0.05, 0.1) is 19.0 Å². The quantitative estimate of drug-likeness (QED) is 0.780. The van der Waals surface area contributed by atoms with Crippen molar-refractivity contribution in [1.82, 2.24) is 9.29 Å². The van der Waals surface area contributed by atoms with E-state index in [4.69, 9.17) is 4.74 Å². The standard InChI is InChI=1S/C10H13N3O4S/c1-2-17-9(14)6-13-7-12-8-4-3-5-11-10(8)18(13,15)16/h3-5,12H,2,6-7H2,1H3. The third-order valence-electron chi connectivity index (χ3n) is 2.41. The first kappa shape index (κ1) is 12.8. The third kappa shape index (κ3) is 2.29. The topological polar surface area (TPSA) is 88.6 Å². The molecule has 2 rings (SSSR count). The van der Waals surface area contributed by atoms with E-state index in [2.05, 4.69) is 10.3 Å². The van der Waals surface area contributed by atoms with Crippen LogP contribution in [0.15, 0.2) is 23.4 Å². The van der Waals surface area contributed by atoms with Crippen molar-refractivity contribution in [1.29, 1.82) is 0 Å². The second-order valence-electron chi connectivity index (χ2n) is 3.61. The molecule has 0 aromatic carbocycles. The lowest BCUT2D eigenvalue weighted by molar-refractivity contribution is -0.143. The van der Waals surface area contributed by atoms with Gasteiger partial charge in [-0.05, 0) is 19.1 Å². The fraction of sp³-hybridized carbons (Fsp3) is 0.400. The summed E-state index contributed by atoms with van der Waals surface area (Å²) in [5, 5.41) is 2.82. The number of carbonyl (C=O) groups excluding carboxylic acids is 1. The van der Waals surface area contributed by atoms with Crippen LogP contribution in [0.5, 0.6) is 0 Å². The van der Waals surface area contributed by atoms with E-state index >= 15 is 0 Å². The molecular weight excluding hydrogens is 258 g/mol. The first-order valence-electron chi connectivity index (χ1n) is 5.40. The monoisotopic (exact) mass is 271 g/mol. The highest BCUT2D eigenvalue weighted by Gasteiger charge is 2.34. The van der Waals surface area contributed by atoms with Gasteiger partial charge in [0.1, 0.15) is 6.54 Å². The second kappa shape index (κ2) is 4.91. The van der Waals surface area contributed by atoms with E-state index in [1.165, 1.54) is 6.20 Å². The normalized spacial score (nSPS) is 17.6. The van der Waals surface area contributed by atoms with Crippen molar-refractivity contribution in [2.75, 3.05) is 25.1 Å². The zero-order chi connectivity index (χ0) is 13.2. The Balaban J connectivity index is 2.25. The summed E-state index contributed by atoms with van der Waals surface area (Å²) in [5.41, 5.74) is 0.442. The molecule has 0 saturated heterocycles. The average molecular weight is 271 g/mol. The van der Waals surface area contributed by atoms with Crippen molar-refractivity contribution in [2.45, 2.75) is 11.9 Å². The molecule has 1 aromatic rings. The molecule has 0 atom stereocenters. The maximum absolute atomic E-state index is 12.2. The first-order valence-corrected chi connectivity index (χ1v) is 6.84. The van der Waals surface area contributed by atoms with E-state index in [1.54, 1.807) is 19.1 Å². The van der Waals surface area contributed by atoms with Crippen LogP contribution in [0, 0.1) is 0 Å². The van der Waals surface area contributed by atoms with Crippen LogP contribution in [0.2, 0.25) is 0 Å². The number of ether oxygens (including phenoxy) is 1. The Morgan fingerprint density at radius 1 is 1.61 bits per heavy atom. The van der Waals surface area contributed by atoms with Crippen LogP contribution >= 0.6 is 0 Å². The molecule has 1 N–H and O–H groups in total. The van der Waals surface area contributed by atoms with Gasteiger partial charge in [-0.15, -0.1) is 0 Å². The lowest BCUT2D eigenvalue weighted by atomic mass is 10.4. The minimum atomic E-state index is -3.74. The number of pyridine rings is 1. The van der Waals surface area contributed by atoms with Crippen LogP contribution < -0.4 is 5.32 Å². The lowest BCUT2D eigenvalue weighted by Crippen LogP contribution is -2.43. The molecule has 18 heavy (non-hydrogen) atoms. The van der Waals surface area contributed by atoms with Crippen LogP contribution in [0.3, 0.4) is 0 Å². The Hall–Kier alpha value is -1.67. The van der Waals surface area contributed by atoms with E-state index in [-0.39, 0.29) is 24.8 Å². The number of rotatable bonds is 3. The summed E-state index contributed by atoms with van der Waals surface area (Å²) in [6, 6.07) is 3.27. The fourth-order valence-electron chi connectivity index (χ4n) is 1.60. The molecule has 0 aliphatic carbocycles. The molecule has 8 heteroatoms. The smallest absolute Gasteiger partial charge is 0.321 e. The summed E-state index contributed by atoms with van der Waals surface area (Å²) in [6.45, 7) is 1.59. The van der Waals surface area contributed by atoms with Crippen molar-refractivity contribution in [2.24, 2.45) is 0 Å². The van der Waals surface area contributed by atoms with Crippen LogP contribution in [0.25, 0.3) is 0 Å². The average Bonchev–Trinajstić information content (AvgIpc) is 2.34. The minimum Gasteiger partial charge on any atom is -0.465 e. The van der Waals surface area contributed by atoms with Gasteiger partial charge in [-0.1, -0.05) is 0 Å². The number of fused-ring (bicyclic) bond motifs is 1. The molecule has 0 fully saturated rings. The predicted molar refractivity (Wildman–Crippen MR) is 63.3 cm³/mol. The molecular formula is C10H13N3O4S. The van der Waals surface area contributed by atoms with E-state index in [1.807, 2.05) is 0 Å². The van der Waals surface area contributed by atoms with Gasteiger partial charge in [-0.2, -0.15) is 4.31 Å². The van der Waals surface area contributed by atoms with Gasteiger partial charge in [0, 0.05) is 6.20 Å². The molecule has 0 bridgehead atoms. The van der Waals surface area contributed by atoms with Crippen molar-refractivity contribution >= 4 is 21.7 Å². The van der Waals surface area contributed by atoms with Crippen molar-refractivity contribution in [3.8, 4) is 0 Å². The van der Waals surface area contributed by atoms with Crippen molar-refractivity contribution < 1.29 is 17.9 Å². The number of anilines is 1. The first-order chi connectivity index (χ1) is 8.55. The predicted octanol–water partition coefficient (Wildman–Crippen LogP) is 0.0184. The van der Waals surface area contributed by atoms with Gasteiger partial charge in [0.25, 0.3) is 10.0 Å². The molecule has 1 aromatic heterocycles. The van der Waals surface area contributed by atoms with Gasteiger partial charge >= 0.3 is 5.97 Å². The van der Waals surface area contributed by atoms with E-state index in [9.17, 15) is 13.2 Å². The Labute approximate surface area is 105 Å².